The first-order valence-corrected chi connectivity index (χ1v) is 8.31. The van der Waals surface area contributed by atoms with Gasteiger partial charge >= 0.3 is 0 Å². The van der Waals surface area contributed by atoms with Crippen LogP contribution in [0, 0.1) is 12.7 Å². The number of hydrogen-bond donors (Lipinski definition) is 1. The zero-order chi connectivity index (χ0) is 17.3. The molecular weight excluding hydrogens is 354 g/mol. The molecule has 1 fully saturated rings. The van der Waals surface area contributed by atoms with E-state index in [-0.39, 0.29) is 17.0 Å². The molecule has 1 unspecified atom stereocenters. The third kappa shape index (κ3) is 3.55. The minimum atomic E-state index is -0.548. The molecule has 0 saturated carbocycles. The smallest absolute Gasteiger partial charge is 0.222 e. The average Bonchev–Trinajstić information content (AvgIpc) is 2.75. The molecule has 0 aliphatic carbocycles. The van der Waals surface area contributed by atoms with E-state index >= 15 is 0 Å². The maximum Gasteiger partial charge on any atom is 0.222 e. The zero-order valence-corrected chi connectivity index (χ0v) is 14.6. The molecule has 0 bridgehead atoms. The first-order valence-electron chi connectivity index (χ1n) is 7.55. The Hall–Kier alpha value is -1.63. The van der Waals surface area contributed by atoms with Gasteiger partial charge < -0.3 is 15.4 Å². The highest BCUT2D eigenvalue weighted by atomic mass is 35.5. The Morgan fingerprint density at radius 3 is 2.79 bits per heavy atom. The van der Waals surface area contributed by atoms with Gasteiger partial charge in [0.2, 0.25) is 5.95 Å². The summed E-state index contributed by atoms with van der Waals surface area (Å²) in [5.74, 6) is 0.345. The van der Waals surface area contributed by atoms with Crippen LogP contribution in [-0.2, 0) is 4.74 Å². The molecule has 24 heavy (non-hydrogen) atoms. The molecule has 3 rings (SSSR count). The predicted octanol–water partition coefficient (Wildman–Crippen LogP) is 3.78. The number of ether oxygens (including phenoxy) is 1. The van der Waals surface area contributed by atoms with Crippen LogP contribution < -0.4 is 10.6 Å². The largest absolute Gasteiger partial charge is 0.379 e. The number of nitrogens with zero attached hydrogens (tertiary/aromatic N) is 3. The van der Waals surface area contributed by atoms with Gasteiger partial charge in [0.25, 0.3) is 0 Å². The maximum absolute atomic E-state index is 13.6. The van der Waals surface area contributed by atoms with Crippen molar-refractivity contribution in [3.8, 4) is 0 Å². The fraction of sp³-hybridized carbons (Fsp3) is 0.375. The predicted molar refractivity (Wildman–Crippen MR) is 93.1 cm³/mol. The number of anilines is 2. The van der Waals surface area contributed by atoms with E-state index in [0.717, 1.165) is 12.1 Å². The average molecular weight is 371 g/mol. The lowest BCUT2D eigenvalue weighted by atomic mass is 10.1. The summed E-state index contributed by atoms with van der Waals surface area (Å²) in [5, 5.41) is 0.327. The highest BCUT2D eigenvalue weighted by Crippen LogP contribution is 2.35. The summed E-state index contributed by atoms with van der Waals surface area (Å²) in [6, 6.07) is 4.38. The van der Waals surface area contributed by atoms with E-state index in [9.17, 15) is 4.39 Å². The fourth-order valence-corrected chi connectivity index (χ4v) is 3.27. The fourth-order valence-electron chi connectivity index (χ4n) is 2.82. The van der Waals surface area contributed by atoms with Gasteiger partial charge in [-0.1, -0.05) is 23.2 Å². The number of rotatable bonds is 2. The molecule has 1 aromatic carbocycles. The van der Waals surface area contributed by atoms with Gasteiger partial charge in [-0.15, -0.1) is 0 Å². The second-order valence-electron chi connectivity index (χ2n) is 5.65. The van der Waals surface area contributed by atoms with Crippen molar-refractivity contribution in [3.05, 3.63) is 45.3 Å². The Morgan fingerprint density at radius 2 is 2.04 bits per heavy atom. The van der Waals surface area contributed by atoms with E-state index in [1.165, 1.54) is 6.07 Å². The summed E-state index contributed by atoms with van der Waals surface area (Å²) in [6.45, 7) is 3.57. The highest BCUT2D eigenvalue weighted by molar-refractivity contribution is 6.33. The van der Waals surface area contributed by atoms with Crippen molar-refractivity contribution in [3.63, 3.8) is 0 Å². The number of nitrogens with two attached hydrogens (primary N) is 1. The minimum absolute atomic E-state index is 0.0250. The van der Waals surface area contributed by atoms with Crippen molar-refractivity contribution in [1.29, 1.82) is 0 Å². The molecule has 0 amide bonds. The van der Waals surface area contributed by atoms with Crippen molar-refractivity contribution >= 4 is 35.0 Å². The van der Waals surface area contributed by atoms with Gasteiger partial charge in [0.15, 0.2) is 0 Å². The lowest BCUT2D eigenvalue weighted by Crippen LogP contribution is -2.32. The zero-order valence-electron chi connectivity index (χ0n) is 13.1. The molecule has 0 radical (unpaired) electrons. The van der Waals surface area contributed by atoms with Crippen LogP contribution in [0.3, 0.4) is 0 Å². The standard InChI is InChI=1S/C16H17Cl2FN4O/c1-9-5-15(22-16(20)21-9)23-3-2-4-24-8-14(23)10-6-12(18)13(19)7-11(10)17/h5-7,14H,2-4,8H2,1H3,(H2,20,21,22). The lowest BCUT2D eigenvalue weighted by Gasteiger charge is -2.31. The Labute approximate surface area is 149 Å². The van der Waals surface area contributed by atoms with Gasteiger partial charge in [-0.2, -0.15) is 4.98 Å². The number of hydrogen-bond acceptors (Lipinski definition) is 5. The van der Waals surface area contributed by atoms with Crippen molar-refractivity contribution in [1.82, 2.24) is 9.97 Å². The quantitative estimate of drug-likeness (QED) is 0.814. The number of aromatic nitrogens is 2. The molecule has 1 atom stereocenters. The van der Waals surface area contributed by atoms with Crippen LogP contribution in [0.25, 0.3) is 0 Å². The molecular formula is C16H17Cl2FN4O. The van der Waals surface area contributed by atoms with E-state index in [2.05, 4.69) is 9.97 Å². The highest BCUT2D eigenvalue weighted by Gasteiger charge is 2.27. The van der Waals surface area contributed by atoms with Crippen LogP contribution in [0.1, 0.15) is 23.7 Å². The van der Waals surface area contributed by atoms with Crippen LogP contribution in [-0.4, -0.2) is 29.7 Å². The van der Waals surface area contributed by atoms with Crippen molar-refractivity contribution in [2.75, 3.05) is 30.4 Å². The molecule has 2 N–H and O–H groups in total. The van der Waals surface area contributed by atoms with Crippen LogP contribution >= 0.6 is 23.2 Å². The van der Waals surface area contributed by atoms with Crippen LogP contribution in [0.5, 0.6) is 0 Å². The molecule has 2 heterocycles. The molecule has 1 saturated heterocycles. The van der Waals surface area contributed by atoms with E-state index in [1.54, 1.807) is 6.07 Å². The number of halogens is 3. The van der Waals surface area contributed by atoms with Gasteiger partial charge in [-0.3, -0.25) is 0 Å². The van der Waals surface area contributed by atoms with Crippen LogP contribution in [0.4, 0.5) is 16.2 Å². The molecule has 8 heteroatoms. The monoisotopic (exact) mass is 370 g/mol. The van der Waals surface area contributed by atoms with E-state index in [0.29, 0.717) is 36.2 Å². The van der Waals surface area contributed by atoms with E-state index in [4.69, 9.17) is 33.7 Å². The normalized spacial score (nSPS) is 18.5. The second kappa shape index (κ2) is 7.09. The number of benzene rings is 1. The van der Waals surface area contributed by atoms with Gasteiger partial charge in [0.05, 0.1) is 17.7 Å². The molecule has 1 aliphatic heterocycles. The van der Waals surface area contributed by atoms with Crippen molar-refractivity contribution in [2.45, 2.75) is 19.4 Å². The third-order valence-corrected chi connectivity index (χ3v) is 4.51. The van der Waals surface area contributed by atoms with Gasteiger partial charge in [0.1, 0.15) is 11.6 Å². The van der Waals surface area contributed by atoms with Crippen LogP contribution in [0.2, 0.25) is 10.0 Å². The van der Waals surface area contributed by atoms with Gasteiger partial charge in [-0.05, 0) is 31.0 Å². The molecule has 5 nitrogen and oxygen atoms in total. The van der Waals surface area contributed by atoms with E-state index in [1.807, 2.05) is 17.9 Å². The third-order valence-electron chi connectivity index (χ3n) is 3.89. The minimum Gasteiger partial charge on any atom is -0.379 e. The summed E-state index contributed by atoms with van der Waals surface area (Å²) < 4.78 is 19.3. The van der Waals surface area contributed by atoms with Crippen LogP contribution in [0.15, 0.2) is 18.2 Å². The summed E-state index contributed by atoms with van der Waals surface area (Å²) >= 11 is 12.2. The van der Waals surface area contributed by atoms with Crippen molar-refractivity contribution in [2.24, 2.45) is 0 Å². The first-order chi connectivity index (χ1) is 11.5. The summed E-state index contributed by atoms with van der Waals surface area (Å²) in [7, 11) is 0. The Morgan fingerprint density at radius 1 is 1.25 bits per heavy atom. The second-order valence-corrected chi connectivity index (χ2v) is 6.47. The maximum atomic E-state index is 13.6. The molecule has 1 aliphatic rings. The Bertz CT molecular complexity index is 739. The molecule has 2 aromatic rings. The first kappa shape index (κ1) is 17.2. The number of aryl methyl sites for hydroxylation is 1. The van der Waals surface area contributed by atoms with E-state index < -0.39 is 5.82 Å². The Kier molecular flexibility index (Phi) is 5.08. The van der Waals surface area contributed by atoms with Gasteiger partial charge in [-0.25, -0.2) is 9.37 Å². The topological polar surface area (TPSA) is 64.3 Å². The Balaban J connectivity index is 2.06. The van der Waals surface area contributed by atoms with Crippen molar-refractivity contribution < 1.29 is 9.13 Å². The SMILES string of the molecule is Cc1cc(N2CCCOCC2c2cc(Cl)c(F)cc2Cl)nc(N)n1. The summed E-state index contributed by atoms with van der Waals surface area (Å²) in [4.78, 5) is 10.5. The summed E-state index contributed by atoms with van der Waals surface area (Å²) in [6.07, 6.45) is 0.825. The van der Waals surface area contributed by atoms with Gasteiger partial charge in [0, 0.05) is 29.9 Å². The molecule has 128 valence electrons. The molecule has 1 aromatic heterocycles. The number of nitrogen functional groups attached to an aromatic ring is 1. The molecule has 0 spiro atoms. The lowest BCUT2D eigenvalue weighted by molar-refractivity contribution is 0.134. The summed E-state index contributed by atoms with van der Waals surface area (Å²) in [5.41, 5.74) is 7.25.